The minimum atomic E-state index is -3.38. The molecule has 2 atom stereocenters. The summed E-state index contributed by atoms with van der Waals surface area (Å²) in [5, 5.41) is 9.76. The van der Waals surface area contributed by atoms with Crippen molar-refractivity contribution in [2.45, 2.75) is 30.9 Å². The van der Waals surface area contributed by atoms with Crippen LogP contribution < -0.4 is 0 Å². The first-order valence-electron chi connectivity index (χ1n) is 7.22. The highest BCUT2D eigenvalue weighted by atomic mass is 32.2. The maximum absolute atomic E-state index is 12.2. The molecule has 2 rings (SSSR count). The third kappa shape index (κ3) is 3.83. The van der Waals surface area contributed by atoms with E-state index in [1.54, 1.807) is 18.2 Å². The van der Waals surface area contributed by atoms with Crippen molar-refractivity contribution in [3.8, 4) is 0 Å². The van der Waals surface area contributed by atoms with Gasteiger partial charge in [0.2, 0.25) is 10.0 Å². The molecule has 1 saturated heterocycles. The maximum Gasteiger partial charge on any atom is 0.242 e. The van der Waals surface area contributed by atoms with Gasteiger partial charge < -0.3 is 5.11 Å². The zero-order valence-corrected chi connectivity index (χ0v) is 13.7. The van der Waals surface area contributed by atoms with E-state index in [0.717, 1.165) is 25.1 Å². The molecule has 118 valence electrons. The third-order valence-corrected chi connectivity index (χ3v) is 5.84. The van der Waals surface area contributed by atoms with E-state index >= 15 is 0 Å². The van der Waals surface area contributed by atoms with Gasteiger partial charge in [0, 0.05) is 33.7 Å². The van der Waals surface area contributed by atoms with Crippen molar-refractivity contribution in [2.75, 3.05) is 27.2 Å². The quantitative estimate of drug-likeness (QED) is 0.906. The van der Waals surface area contributed by atoms with Crippen LogP contribution in [-0.2, 0) is 16.6 Å². The molecular weight excluding hydrogens is 288 g/mol. The molecule has 0 aromatic heterocycles. The molecule has 1 aliphatic heterocycles. The number of benzene rings is 1. The Kier molecular flexibility index (Phi) is 5.03. The smallest absolute Gasteiger partial charge is 0.242 e. The number of sulfonamides is 1. The van der Waals surface area contributed by atoms with Gasteiger partial charge >= 0.3 is 0 Å². The van der Waals surface area contributed by atoms with Gasteiger partial charge in [-0.2, -0.15) is 0 Å². The Morgan fingerprint density at radius 2 is 2.10 bits per heavy atom. The first-order valence-corrected chi connectivity index (χ1v) is 8.66. The Hall–Kier alpha value is -0.950. The summed E-state index contributed by atoms with van der Waals surface area (Å²) in [4.78, 5) is 2.59. The van der Waals surface area contributed by atoms with Crippen LogP contribution in [0.1, 0.15) is 18.9 Å². The lowest BCUT2D eigenvalue weighted by Gasteiger charge is -2.34. The van der Waals surface area contributed by atoms with Crippen LogP contribution in [0.5, 0.6) is 0 Å². The van der Waals surface area contributed by atoms with E-state index in [2.05, 4.69) is 4.90 Å². The molecular formula is C15H24N2O3S. The minimum absolute atomic E-state index is 0.221. The van der Waals surface area contributed by atoms with Gasteiger partial charge in [0.05, 0.1) is 11.0 Å². The molecule has 1 aromatic carbocycles. The van der Waals surface area contributed by atoms with Gasteiger partial charge in [0.1, 0.15) is 0 Å². The molecule has 0 saturated carbocycles. The van der Waals surface area contributed by atoms with Crippen LogP contribution in [0.3, 0.4) is 0 Å². The minimum Gasteiger partial charge on any atom is -0.393 e. The van der Waals surface area contributed by atoms with Gasteiger partial charge in [0.25, 0.3) is 0 Å². The molecule has 6 heteroatoms. The lowest BCUT2D eigenvalue weighted by Crippen LogP contribution is -2.41. The highest BCUT2D eigenvalue weighted by Crippen LogP contribution is 2.20. The summed E-state index contributed by atoms with van der Waals surface area (Å²) >= 11 is 0. The van der Waals surface area contributed by atoms with E-state index in [-0.39, 0.29) is 12.0 Å². The molecule has 0 bridgehead atoms. The fourth-order valence-electron chi connectivity index (χ4n) is 2.64. The third-order valence-electron chi connectivity index (χ3n) is 4.03. The summed E-state index contributed by atoms with van der Waals surface area (Å²) < 4.78 is 25.5. The fraction of sp³-hybridized carbons (Fsp3) is 0.600. The number of aliphatic hydroxyl groups is 1. The number of hydrogen-bond acceptors (Lipinski definition) is 4. The van der Waals surface area contributed by atoms with Crippen LogP contribution in [0.2, 0.25) is 0 Å². The van der Waals surface area contributed by atoms with E-state index < -0.39 is 10.0 Å². The van der Waals surface area contributed by atoms with E-state index in [0.29, 0.717) is 11.4 Å². The zero-order valence-electron chi connectivity index (χ0n) is 12.9. The average molecular weight is 312 g/mol. The van der Waals surface area contributed by atoms with Crippen LogP contribution in [0.15, 0.2) is 29.2 Å². The molecule has 1 heterocycles. The second-order valence-electron chi connectivity index (χ2n) is 6.00. The normalized spacial score (nSPS) is 24.4. The predicted octanol–water partition coefficient (Wildman–Crippen LogP) is 1.14. The Balaban J connectivity index is 2.12. The Bertz CT molecular complexity index is 586. The van der Waals surface area contributed by atoms with Gasteiger partial charge in [-0.05, 0) is 30.0 Å². The largest absolute Gasteiger partial charge is 0.393 e. The maximum atomic E-state index is 12.2. The number of nitrogens with zero attached hydrogens (tertiary/aromatic N) is 2. The van der Waals surface area contributed by atoms with E-state index in [4.69, 9.17) is 0 Å². The Morgan fingerprint density at radius 3 is 2.71 bits per heavy atom. The summed E-state index contributed by atoms with van der Waals surface area (Å²) in [6.45, 7) is 4.44. The SMILES string of the molecule is CC1CN(Cc2cccc(S(=O)(=O)N(C)C)c2)CCC1O. The predicted molar refractivity (Wildman–Crippen MR) is 82.4 cm³/mol. The number of aliphatic hydroxyl groups excluding tert-OH is 1. The molecule has 0 radical (unpaired) electrons. The first-order chi connectivity index (χ1) is 9.80. The van der Waals surface area contributed by atoms with Gasteiger partial charge in [0.15, 0.2) is 0 Å². The van der Waals surface area contributed by atoms with Gasteiger partial charge in [-0.15, -0.1) is 0 Å². The van der Waals surface area contributed by atoms with Crippen LogP contribution >= 0.6 is 0 Å². The monoisotopic (exact) mass is 312 g/mol. The van der Waals surface area contributed by atoms with E-state index in [1.165, 1.54) is 18.4 Å². The zero-order chi connectivity index (χ0) is 15.6. The van der Waals surface area contributed by atoms with Crippen molar-refractivity contribution in [3.05, 3.63) is 29.8 Å². The summed E-state index contributed by atoms with van der Waals surface area (Å²) in [6.07, 6.45) is 0.554. The fourth-order valence-corrected chi connectivity index (χ4v) is 3.61. The first kappa shape index (κ1) is 16.4. The van der Waals surface area contributed by atoms with Crippen molar-refractivity contribution >= 4 is 10.0 Å². The van der Waals surface area contributed by atoms with Crippen molar-refractivity contribution < 1.29 is 13.5 Å². The van der Waals surface area contributed by atoms with Gasteiger partial charge in [-0.25, -0.2) is 12.7 Å². The lowest BCUT2D eigenvalue weighted by atomic mass is 9.96. The van der Waals surface area contributed by atoms with Crippen LogP contribution in [-0.4, -0.2) is 56.0 Å². The molecule has 1 fully saturated rings. The molecule has 0 aliphatic carbocycles. The number of hydrogen-bond donors (Lipinski definition) is 1. The van der Waals surface area contributed by atoms with Crippen molar-refractivity contribution in [1.29, 1.82) is 0 Å². The summed E-state index contributed by atoms with van der Waals surface area (Å²) in [6, 6.07) is 7.10. The molecule has 0 spiro atoms. The standard InChI is InChI=1S/C15H24N2O3S/c1-12-10-17(8-7-15(12)18)11-13-5-4-6-14(9-13)21(19,20)16(2)3/h4-6,9,12,15,18H,7-8,10-11H2,1-3H3. The van der Waals surface area contributed by atoms with Gasteiger partial charge in [-0.3, -0.25) is 4.90 Å². The van der Waals surface area contributed by atoms with Crippen molar-refractivity contribution in [2.24, 2.45) is 5.92 Å². The highest BCUT2D eigenvalue weighted by Gasteiger charge is 2.24. The highest BCUT2D eigenvalue weighted by molar-refractivity contribution is 7.89. The molecule has 0 amide bonds. The van der Waals surface area contributed by atoms with Crippen LogP contribution in [0, 0.1) is 5.92 Å². The van der Waals surface area contributed by atoms with E-state index in [1.807, 2.05) is 13.0 Å². The Morgan fingerprint density at radius 1 is 1.38 bits per heavy atom. The number of likely N-dealkylation sites (tertiary alicyclic amines) is 1. The lowest BCUT2D eigenvalue weighted by molar-refractivity contribution is 0.0320. The van der Waals surface area contributed by atoms with E-state index in [9.17, 15) is 13.5 Å². The van der Waals surface area contributed by atoms with Crippen LogP contribution in [0.25, 0.3) is 0 Å². The van der Waals surface area contributed by atoms with Gasteiger partial charge in [-0.1, -0.05) is 19.1 Å². The number of rotatable bonds is 4. The molecule has 1 aliphatic rings. The Labute approximate surface area is 127 Å². The topological polar surface area (TPSA) is 60.9 Å². The average Bonchev–Trinajstić information content (AvgIpc) is 2.43. The summed E-state index contributed by atoms with van der Waals surface area (Å²) in [7, 11) is -0.310. The van der Waals surface area contributed by atoms with Crippen LogP contribution in [0.4, 0.5) is 0 Å². The second kappa shape index (κ2) is 6.44. The molecule has 2 unspecified atom stereocenters. The molecule has 21 heavy (non-hydrogen) atoms. The molecule has 5 nitrogen and oxygen atoms in total. The molecule has 1 N–H and O–H groups in total. The van der Waals surface area contributed by atoms with Crippen molar-refractivity contribution in [3.63, 3.8) is 0 Å². The summed E-state index contributed by atoms with van der Waals surface area (Å²) in [5.74, 6) is 0.257. The van der Waals surface area contributed by atoms with Crippen molar-refractivity contribution in [1.82, 2.24) is 9.21 Å². The molecule has 1 aromatic rings. The second-order valence-corrected chi connectivity index (χ2v) is 8.16. The number of piperidine rings is 1. The summed E-state index contributed by atoms with van der Waals surface area (Å²) in [5.41, 5.74) is 0.988.